The maximum atomic E-state index is 10.9. The summed E-state index contributed by atoms with van der Waals surface area (Å²) in [6.07, 6.45) is 0. The van der Waals surface area contributed by atoms with Gasteiger partial charge in [-0.3, -0.25) is 29.1 Å². The van der Waals surface area contributed by atoms with Crippen LogP contribution >= 0.6 is 0 Å². The van der Waals surface area contributed by atoms with Crippen molar-refractivity contribution < 1.29 is 29.7 Å². The number of carboxylic acid groups (broad SMARTS) is 3. The van der Waals surface area contributed by atoms with E-state index in [1.54, 1.807) is 21.7 Å². The number of nitrogens with zero attached hydrogens (tertiary/aromatic N) is 3. The third kappa shape index (κ3) is 11.0. The molecule has 0 aromatic carbocycles. The number of carboxylic acids is 3. The highest BCUT2D eigenvalue weighted by atomic mass is 16.4. The van der Waals surface area contributed by atoms with Gasteiger partial charge in [0.2, 0.25) is 0 Å². The van der Waals surface area contributed by atoms with Crippen molar-refractivity contribution in [3.05, 3.63) is 0 Å². The molecule has 0 spiro atoms. The summed E-state index contributed by atoms with van der Waals surface area (Å²) in [5, 5.41) is 26.4. The third-order valence-corrected chi connectivity index (χ3v) is 3.10. The van der Waals surface area contributed by atoms with E-state index in [1.807, 2.05) is 6.92 Å². The van der Waals surface area contributed by atoms with Crippen molar-refractivity contribution in [3.8, 4) is 0 Å². The minimum atomic E-state index is -0.970. The lowest BCUT2D eigenvalue weighted by atomic mass is 10.3. The van der Waals surface area contributed by atoms with Gasteiger partial charge in [-0.05, 0) is 13.6 Å². The normalized spacial score (nSPS) is 11.3. The summed E-state index contributed by atoms with van der Waals surface area (Å²) in [5.74, 6) is -2.83. The van der Waals surface area contributed by atoms with Crippen LogP contribution in [0, 0.1) is 0 Å². The fourth-order valence-electron chi connectivity index (χ4n) is 1.91. The first kappa shape index (κ1) is 20.3. The third-order valence-electron chi connectivity index (χ3n) is 3.10. The Morgan fingerprint density at radius 1 is 0.727 bits per heavy atom. The Kier molecular flexibility index (Phi) is 10.1. The van der Waals surface area contributed by atoms with Crippen LogP contribution < -0.4 is 0 Å². The second kappa shape index (κ2) is 10.9. The van der Waals surface area contributed by atoms with E-state index >= 15 is 0 Å². The zero-order chi connectivity index (χ0) is 17.1. The maximum Gasteiger partial charge on any atom is 0.317 e. The van der Waals surface area contributed by atoms with Gasteiger partial charge in [0.15, 0.2) is 0 Å². The standard InChI is InChI=1S/C13H25N3O6/c1-3-15(9-12(19)20)6-7-16(10-13(21)22)5-4-14(2)8-11(17)18/h3-10H2,1-2H3,(H,17,18)(H,19,20)(H,21,22). The lowest BCUT2D eigenvalue weighted by Crippen LogP contribution is -2.43. The van der Waals surface area contributed by atoms with Gasteiger partial charge in [0, 0.05) is 26.2 Å². The summed E-state index contributed by atoms with van der Waals surface area (Å²) in [7, 11) is 1.65. The zero-order valence-electron chi connectivity index (χ0n) is 13.1. The van der Waals surface area contributed by atoms with Crippen LogP contribution in [0.3, 0.4) is 0 Å². The SMILES string of the molecule is CCN(CCN(CCN(C)CC(=O)O)CC(=O)O)CC(=O)O. The van der Waals surface area contributed by atoms with E-state index in [2.05, 4.69) is 0 Å². The van der Waals surface area contributed by atoms with Gasteiger partial charge in [0.1, 0.15) is 0 Å². The van der Waals surface area contributed by atoms with Gasteiger partial charge < -0.3 is 15.3 Å². The van der Waals surface area contributed by atoms with Gasteiger partial charge >= 0.3 is 17.9 Å². The van der Waals surface area contributed by atoms with Gasteiger partial charge in [-0.15, -0.1) is 0 Å². The predicted octanol–water partition coefficient (Wildman–Crippen LogP) is -1.20. The van der Waals surface area contributed by atoms with E-state index in [1.165, 1.54) is 0 Å². The molecule has 0 bridgehead atoms. The number of carbonyl (C=O) groups is 3. The van der Waals surface area contributed by atoms with Gasteiger partial charge in [-0.25, -0.2) is 0 Å². The van der Waals surface area contributed by atoms with E-state index in [0.29, 0.717) is 32.7 Å². The first-order valence-electron chi connectivity index (χ1n) is 7.03. The molecular weight excluding hydrogens is 294 g/mol. The molecule has 0 saturated carbocycles. The van der Waals surface area contributed by atoms with Crippen LogP contribution in [0.4, 0.5) is 0 Å². The fourth-order valence-corrected chi connectivity index (χ4v) is 1.91. The molecule has 0 aliphatic rings. The van der Waals surface area contributed by atoms with Crippen molar-refractivity contribution in [2.24, 2.45) is 0 Å². The first-order chi connectivity index (χ1) is 10.2. The summed E-state index contributed by atoms with van der Waals surface area (Å²) in [6.45, 7) is 3.72. The van der Waals surface area contributed by atoms with E-state index in [-0.39, 0.29) is 19.6 Å². The van der Waals surface area contributed by atoms with Crippen molar-refractivity contribution in [1.29, 1.82) is 0 Å². The van der Waals surface area contributed by atoms with E-state index < -0.39 is 17.9 Å². The van der Waals surface area contributed by atoms with E-state index in [0.717, 1.165) is 0 Å². The molecule has 0 aromatic heterocycles. The highest BCUT2D eigenvalue weighted by molar-refractivity contribution is 5.69. The number of rotatable bonds is 13. The number of hydrogen-bond acceptors (Lipinski definition) is 6. The Morgan fingerprint density at radius 3 is 1.59 bits per heavy atom. The van der Waals surface area contributed by atoms with E-state index in [9.17, 15) is 14.4 Å². The molecule has 0 heterocycles. The zero-order valence-corrected chi connectivity index (χ0v) is 13.1. The molecule has 9 heteroatoms. The molecule has 0 radical (unpaired) electrons. The van der Waals surface area contributed by atoms with Crippen LogP contribution in [0.5, 0.6) is 0 Å². The maximum absolute atomic E-state index is 10.9. The molecule has 128 valence electrons. The lowest BCUT2D eigenvalue weighted by Gasteiger charge is -2.26. The lowest BCUT2D eigenvalue weighted by molar-refractivity contribution is -0.140. The van der Waals surface area contributed by atoms with Crippen molar-refractivity contribution in [1.82, 2.24) is 14.7 Å². The number of hydrogen-bond donors (Lipinski definition) is 3. The molecular formula is C13H25N3O6. The molecule has 0 aliphatic carbocycles. The molecule has 0 atom stereocenters. The Bertz CT molecular complexity index is 377. The van der Waals surface area contributed by atoms with Gasteiger partial charge in [0.05, 0.1) is 19.6 Å². The van der Waals surface area contributed by atoms with Crippen LogP contribution in [0.1, 0.15) is 6.92 Å². The second-order valence-corrected chi connectivity index (χ2v) is 5.06. The summed E-state index contributed by atoms with van der Waals surface area (Å²) >= 11 is 0. The monoisotopic (exact) mass is 319 g/mol. The topological polar surface area (TPSA) is 122 Å². The molecule has 22 heavy (non-hydrogen) atoms. The van der Waals surface area contributed by atoms with Crippen LogP contribution in [-0.2, 0) is 14.4 Å². The van der Waals surface area contributed by atoms with E-state index in [4.69, 9.17) is 15.3 Å². The predicted molar refractivity (Wildman–Crippen MR) is 79.0 cm³/mol. The van der Waals surface area contributed by atoms with Crippen LogP contribution in [0.15, 0.2) is 0 Å². The van der Waals surface area contributed by atoms with Crippen molar-refractivity contribution >= 4 is 17.9 Å². The molecule has 0 aliphatic heterocycles. The molecule has 0 unspecified atom stereocenters. The average Bonchev–Trinajstić information content (AvgIpc) is 2.38. The number of likely N-dealkylation sites (N-methyl/N-ethyl adjacent to an activating group) is 2. The van der Waals surface area contributed by atoms with Crippen molar-refractivity contribution in [2.45, 2.75) is 6.92 Å². The van der Waals surface area contributed by atoms with Gasteiger partial charge in [-0.2, -0.15) is 0 Å². The summed E-state index contributed by atoms with van der Waals surface area (Å²) in [4.78, 5) is 37.1. The Balaban J connectivity index is 4.35. The Morgan fingerprint density at radius 2 is 1.14 bits per heavy atom. The van der Waals surface area contributed by atoms with Crippen molar-refractivity contribution in [2.75, 3.05) is 59.4 Å². The molecule has 0 amide bonds. The Labute approximate surface area is 129 Å². The molecule has 0 aromatic rings. The highest BCUT2D eigenvalue weighted by Crippen LogP contribution is 1.95. The molecule has 3 N–H and O–H groups in total. The van der Waals surface area contributed by atoms with Gasteiger partial charge in [-0.1, -0.05) is 6.92 Å². The first-order valence-corrected chi connectivity index (χ1v) is 7.03. The summed E-state index contributed by atoms with van der Waals surface area (Å²) in [5.41, 5.74) is 0. The largest absolute Gasteiger partial charge is 0.480 e. The summed E-state index contributed by atoms with van der Waals surface area (Å²) in [6, 6.07) is 0. The minimum absolute atomic E-state index is 0.0870. The average molecular weight is 319 g/mol. The second-order valence-electron chi connectivity index (χ2n) is 5.06. The van der Waals surface area contributed by atoms with Crippen LogP contribution in [0.2, 0.25) is 0 Å². The highest BCUT2D eigenvalue weighted by Gasteiger charge is 2.14. The smallest absolute Gasteiger partial charge is 0.317 e. The van der Waals surface area contributed by atoms with Crippen LogP contribution in [-0.4, -0.2) is 107 Å². The minimum Gasteiger partial charge on any atom is -0.480 e. The molecule has 0 saturated heterocycles. The fraction of sp³-hybridized carbons (Fsp3) is 0.769. The molecule has 9 nitrogen and oxygen atoms in total. The quantitative estimate of drug-likeness (QED) is 0.384. The number of aliphatic carboxylic acids is 3. The molecule has 0 rings (SSSR count). The van der Waals surface area contributed by atoms with Crippen molar-refractivity contribution in [3.63, 3.8) is 0 Å². The Hall–Kier alpha value is -1.71. The summed E-state index contributed by atoms with van der Waals surface area (Å²) < 4.78 is 0. The molecule has 0 fully saturated rings. The van der Waals surface area contributed by atoms with Crippen LogP contribution in [0.25, 0.3) is 0 Å². The van der Waals surface area contributed by atoms with Gasteiger partial charge in [0.25, 0.3) is 0 Å².